The van der Waals surface area contributed by atoms with Crippen molar-refractivity contribution < 1.29 is 19.4 Å². The van der Waals surface area contributed by atoms with Gasteiger partial charge in [-0.1, -0.05) is 0 Å². The van der Waals surface area contributed by atoms with Crippen LogP contribution in [0, 0.1) is 0 Å². The molecule has 0 bridgehead atoms. The van der Waals surface area contributed by atoms with Crippen LogP contribution in [-0.2, 0) is 20.9 Å². The number of carboxylic acid groups (broad SMARTS) is 1. The molecular weight excluding hydrogens is 270 g/mol. The fraction of sp³-hybridized carbons (Fsp3) is 0.455. The molecule has 1 atom stereocenters. The van der Waals surface area contributed by atoms with Crippen LogP contribution in [0.3, 0.4) is 0 Å². The molecule has 1 aromatic heterocycles. The summed E-state index contributed by atoms with van der Waals surface area (Å²) < 4.78 is 5.80. The molecule has 0 aliphatic carbocycles. The van der Waals surface area contributed by atoms with Gasteiger partial charge >= 0.3 is 5.97 Å². The van der Waals surface area contributed by atoms with Gasteiger partial charge in [-0.05, 0) is 0 Å². The lowest BCUT2D eigenvalue weighted by molar-refractivity contribution is -0.147. The average Bonchev–Trinajstić information content (AvgIpc) is 2.83. The minimum Gasteiger partial charge on any atom is -0.479 e. The third kappa shape index (κ3) is 2.77. The van der Waals surface area contributed by atoms with E-state index in [2.05, 4.69) is 10.4 Å². The lowest BCUT2D eigenvalue weighted by Gasteiger charge is -2.23. The molecule has 9 nitrogen and oxygen atoms in total. The first-order valence-corrected chi connectivity index (χ1v) is 5.85. The van der Waals surface area contributed by atoms with Gasteiger partial charge in [0, 0.05) is 25.2 Å². The molecule has 9 heteroatoms. The van der Waals surface area contributed by atoms with E-state index < -0.39 is 35.1 Å². The lowest BCUT2D eigenvalue weighted by Crippen LogP contribution is -2.56. The van der Waals surface area contributed by atoms with Gasteiger partial charge in [-0.2, -0.15) is 0 Å². The number of carbonyl (C=O) groups is 2. The van der Waals surface area contributed by atoms with Crippen molar-refractivity contribution in [3.8, 4) is 0 Å². The largest absolute Gasteiger partial charge is 0.479 e. The van der Waals surface area contributed by atoms with Gasteiger partial charge in [0.1, 0.15) is 6.54 Å². The Morgan fingerprint density at radius 3 is 2.80 bits per heavy atom. The number of carboxylic acids is 1. The van der Waals surface area contributed by atoms with E-state index in [1.165, 1.54) is 0 Å². The summed E-state index contributed by atoms with van der Waals surface area (Å²) in [7, 11) is 0. The Morgan fingerprint density at radius 1 is 1.45 bits per heavy atom. The predicted molar refractivity (Wildman–Crippen MR) is 65.3 cm³/mol. The van der Waals surface area contributed by atoms with E-state index in [-0.39, 0.29) is 19.6 Å². The van der Waals surface area contributed by atoms with E-state index in [9.17, 15) is 19.2 Å². The number of rotatable bonds is 4. The minimum absolute atomic E-state index is 0.131. The summed E-state index contributed by atoms with van der Waals surface area (Å²) in [5, 5.41) is 13.7. The van der Waals surface area contributed by atoms with E-state index in [0.717, 1.165) is 16.8 Å². The number of nitrogens with one attached hydrogen (secondary N) is 2. The zero-order valence-electron chi connectivity index (χ0n) is 10.4. The van der Waals surface area contributed by atoms with Gasteiger partial charge in [0.25, 0.3) is 11.1 Å². The summed E-state index contributed by atoms with van der Waals surface area (Å²) in [5.74, 6) is -1.89. The number of aromatic nitrogens is 2. The molecule has 0 saturated carbocycles. The molecule has 3 N–H and O–H groups in total. The number of H-pyrrole nitrogens is 1. The van der Waals surface area contributed by atoms with Crippen LogP contribution in [0.15, 0.2) is 21.7 Å². The highest BCUT2D eigenvalue weighted by Gasteiger charge is 2.43. The summed E-state index contributed by atoms with van der Waals surface area (Å²) in [4.78, 5) is 45.5. The minimum atomic E-state index is -1.48. The lowest BCUT2D eigenvalue weighted by atomic mass is 9.99. The van der Waals surface area contributed by atoms with Crippen molar-refractivity contribution in [3.63, 3.8) is 0 Å². The van der Waals surface area contributed by atoms with Gasteiger partial charge < -0.3 is 15.2 Å². The molecule has 1 saturated heterocycles. The van der Waals surface area contributed by atoms with Crippen molar-refractivity contribution >= 4 is 11.9 Å². The van der Waals surface area contributed by atoms with Crippen LogP contribution in [0.5, 0.6) is 0 Å². The number of aliphatic carboxylic acids is 1. The fourth-order valence-corrected chi connectivity index (χ4v) is 1.92. The fourth-order valence-electron chi connectivity index (χ4n) is 1.92. The third-order valence-corrected chi connectivity index (χ3v) is 3.00. The normalized spacial score (nSPS) is 21.6. The van der Waals surface area contributed by atoms with Crippen molar-refractivity contribution in [2.75, 3.05) is 13.2 Å². The van der Waals surface area contributed by atoms with Gasteiger partial charge in [0.05, 0.1) is 6.61 Å². The number of hydrogen-bond donors (Lipinski definition) is 3. The van der Waals surface area contributed by atoms with E-state index in [1.807, 2.05) is 0 Å². The number of carbonyl (C=O) groups excluding carboxylic acids is 1. The van der Waals surface area contributed by atoms with Crippen molar-refractivity contribution in [3.05, 3.63) is 32.8 Å². The van der Waals surface area contributed by atoms with Gasteiger partial charge in [0.2, 0.25) is 5.91 Å². The molecule has 1 fully saturated rings. The molecule has 108 valence electrons. The molecule has 2 heterocycles. The molecule has 0 aromatic carbocycles. The second-order valence-electron chi connectivity index (χ2n) is 4.47. The van der Waals surface area contributed by atoms with E-state index >= 15 is 0 Å². The Bertz CT molecular complexity index is 640. The zero-order valence-corrected chi connectivity index (χ0v) is 10.4. The molecule has 1 amide bonds. The number of hydrogen-bond acceptors (Lipinski definition) is 5. The second-order valence-corrected chi connectivity index (χ2v) is 4.47. The number of amides is 1. The molecule has 2 rings (SSSR count). The van der Waals surface area contributed by atoms with Crippen molar-refractivity contribution in [1.82, 2.24) is 15.1 Å². The van der Waals surface area contributed by atoms with Crippen LogP contribution in [0.1, 0.15) is 6.42 Å². The first-order chi connectivity index (χ1) is 9.43. The molecule has 1 aliphatic rings. The van der Waals surface area contributed by atoms with Gasteiger partial charge in [0.15, 0.2) is 5.54 Å². The van der Waals surface area contributed by atoms with Crippen LogP contribution in [0.25, 0.3) is 0 Å². The van der Waals surface area contributed by atoms with Crippen LogP contribution >= 0.6 is 0 Å². The highest BCUT2D eigenvalue weighted by Crippen LogP contribution is 2.18. The van der Waals surface area contributed by atoms with Gasteiger partial charge in [-0.15, -0.1) is 0 Å². The maximum Gasteiger partial charge on any atom is 0.331 e. The predicted octanol–water partition coefficient (Wildman–Crippen LogP) is -2.10. The van der Waals surface area contributed by atoms with Gasteiger partial charge in [-0.25, -0.2) is 9.48 Å². The molecular formula is C11H13N3O6. The van der Waals surface area contributed by atoms with Crippen molar-refractivity contribution in [2.45, 2.75) is 18.5 Å². The van der Waals surface area contributed by atoms with Gasteiger partial charge in [-0.3, -0.25) is 19.5 Å². The quantitative estimate of drug-likeness (QED) is 0.580. The van der Waals surface area contributed by atoms with Crippen LogP contribution in [0.2, 0.25) is 0 Å². The molecule has 0 spiro atoms. The SMILES string of the molecule is O=C(Cn1[nH]c(=O)ccc1=O)NC1(C(=O)O)CCOC1. The summed E-state index contributed by atoms with van der Waals surface area (Å²) in [6.45, 7) is -0.368. The molecule has 20 heavy (non-hydrogen) atoms. The number of ether oxygens (including phenoxy) is 1. The first kappa shape index (κ1) is 14.0. The monoisotopic (exact) mass is 283 g/mol. The third-order valence-electron chi connectivity index (χ3n) is 3.00. The Morgan fingerprint density at radius 2 is 2.20 bits per heavy atom. The van der Waals surface area contributed by atoms with E-state index in [1.54, 1.807) is 0 Å². The summed E-state index contributed by atoms with van der Waals surface area (Å²) in [6, 6.07) is 2.07. The maximum atomic E-state index is 11.8. The Hall–Kier alpha value is -2.42. The second kappa shape index (κ2) is 5.29. The van der Waals surface area contributed by atoms with Crippen LogP contribution in [-0.4, -0.2) is 45.5 Å². The summed E-state index contributed by atoms with van der Waals surface area (Å²) in [5.41, 5.74) is -2.57. The molecule has 0 radical (unpaired) electrons. The topological polar surface area (TPSA) is 130 Å². The Labute approximate surface area is 112 Å². The molecule has 1 aromatic rings. The Kier molecular flexibility index (Phi) is 3.70. The van der Waals surface area contributed by atoms with Crippen LogP contribution in [0.4, 0.5) is 0 Å². The number of nitrogens with zero attached hydrogens (tertiary/aromatic N) is 1. The average molecular weight is 283 g/mol. The van der Waals surface area contributed by atoms with E-state index in [0.29, 0.717) is 0 Å². The first-order valence-electron chi connectivity index (χ1n) is 5.85. The van der Waals surface area contributed by atoms with Crippen molar-refractivity contribution in [2.24, 2.45) is 0 Å². The van der Waals surface area contributed by atoms with Crippen LogP contribution < -0.4 is 16.4 Å². The summed E-state index contributed by atoms with van der Waals surface area (Å²) >= 11 is 0. The standard InChI is InChI=1S/C11H13N3O6/c15-7-1-2-9(17)14(13-7)5-8(16)12-11(10(18)19)3-4-20-6-11/h1-2H,3-6H2,(H,12,16)(H,13,15)(H,18,19). The number of aromatic amines is 1. The zero-order chi connectivity index (χ0) is 14.8. The smallest absolute Gasteiger partial charge is 0.331 e. The maximum absolute atomic E-state index is 11.8. The Balaban J connectivity index is 2.13. The summed E-state index contributed by atoms with van der Waals surface area (Å²) in [6.07, 6.45) is 0.147. The van der Waals surface area contributed by atoms with E-state index in [4.69, 9.17) is 9.84 Å². The molecule has 1 aliphatic heterocycles. The molecule has 1 unspecified atom stereocenters. The van der Waals surface area contributed by atoms with Crippen molar-refractivity contribution in [1.29, 1.82) is 0 Å². The highest BCUT2D eigenvalue weighted by molar-refractivity contribution is 5.87. The highest BCUT2D eigenvalue weighted by atomic mass is 16.5.